The van der Waals surface area contributed by atoms with Gasteiger partial charge in [-0.05, 0) is 47.4 Å². The molecule has 6 rings (SSSR count). The summed E-state index contributed by atoms with van der Waals surface area (Å²) >= 11 is 0. The van der Waals surface area contributed by atoms with Crippen LogP contribution in [0.5, 0.6) is 0 Å². The maximum absolute atomic E-state index is 14.5. The van der Waals surface area contributed by atoms with E-state index < -0.39 is 12.1 Å². The Morgan fingerprint density at radius 1 is 0.957 bits per heavy atom. The molecule has 3 amide bonds. The fraction of sp³-hybridized carbons (Fsp3) is 0.282. The summed E-state index contributed by atoms with van der Waals surface area (Å²) in [6, 6.07) is 33.3. The summed E-state index contributed by atoms with van der Waals surface area (Å²) in [5, 5.41) is 14.3. The van der Waals surface area contributed by atoms with E-state index in [9.17, 15) is 14.7 Å². The van der Waals surface area contributed by atoms with Gasteiger partial charge in [0.2, 0.25) is 0 Å². The first kappa shape index (κ1) is 32.0. The maximum Gasteiger partial charge on any atom is 0.321 e. The first-order valence-electron chi connectivity index (χ1n) is 16.1. The van der Waals surface area contributed by atoms with Crippen molar-refractivity contribution in [3.63, 3.8) is 0 Å². The number of rotatable bonds is 6. The van der Waals surface area contributed by atoms with Crippen LogP contribution < -0.4 is 5.32 Å². The second kappa shape index (κ2) is 13.8. The van der Waals surface area contributed by atoms with Crippen LogP contribution in [0.25, 0.3) is 33.2 Å². The van der Waals surface area contributed by atoms with E-state index in [1.165, 1.54) is 0 Å². The number of aliphatic hydroxyl groups excluding tert-OH is 1. The smallest absolute Gasteiger partial charge is 0.321 e. The number of nitrogens with one attached hydrogen (secondary N) is 1. The average Bonchev–Trinajstić information content (AvgIpc) is 3.39. The first-order valence-corrected chi connectivity index (χ1v) is 16.1. The minimum Gasteiger partial charge on any atom is -0.394 e. The molecule has 2 heterocycles. The summed E-state index contributed by atoms with van der Waals surface area (Å²) in [6.45, 7) is 4.69. The lowest BCUT2D eigenvalue weighted by Crippen LogP contribution is -2.48. The number of fused-ring (bicyclic) bond motifs is 5. The SMILES string of the molecule is C[C@H]1CN([C@@H](C)CO)C(=O)c2c(c3ccccc3n2C)-c2ccccc2CO[C@@H]1CN(C)C(=O)Nc1ccc(-c2ccccc2)cc1. The minimum absolute atomic E-state index is 0.146. The van der Waals surface area contributed by atoms with E-state index in [-0.39, 0.29) is 24.5 Å². The number of aryl methyl sites for hydroxylation is 1. The lowest BCUT2D eigenvalue weighted by molar-refractivity contribution is -0.0179. The third kappa shape index (κ3) is 6.52. The highest BCUT2D eigenvalue weighted by Gasteiger charge is 2.34. The average molecular weight is 631 g/mol. The lowest BCUT2D eigenvalue weighted by Gasteiger charge is -2.35. The van der Waals surface area contributed by atoms with Gasteiger partial charge in [-0.15, -0.1) is 0 Å². The lowest BCUT2D eigenvalue weighted by atomic mass is 9.96. The number of aromatic nitrogens is 1. The largest absolute Gasteiger partial charge is 0.394 e. The monoisotopic (exact) mass is 630 g/mol. The molecule has 8 nitrogen and oxygen atoms in total. The van der Waals surface area contributed by atoms with Gasteiger partial charge in [-0.2, -0.15) is 0 Å². The van der Waals surface area contributed by atoms with Gasteiger partial charge >= 0.3 is 6.03 Å². The number of amides is 3. The molecule has 47 heavy (non-hydrogen) atoms. The van der Waals surface area contributed by atoms with Crippen molar-refractivity contribution < 1.29 is 19.4 Å². The molecule has 1 aliphatic rings. The molecule has 0 aliphatic carbocycles. The van der Waals surface area contributed by atoms with E-state index in [0.29, 0.717) is 31.1 Å². The van der Waals surface area contributed by atoms with Crippen LogP contribution in [0.1, 0.15) is 29.9 Å². The quantitative estimate of drug-likeness (QED) is 0.211. The van der Waals surface area contributed by atoms with Crippen LogP contribution in [0, 0.1) is 5.92 Å². The van der Waals surface area contributed by atoms with E-state index >= 15 is 0 Å². The van der Waals surface area contributed by atoms with Crippen molar-refractivity contribution in [2.24, 2.45) is 13.0 Å². The van der Waals surface area contributed by atoms with Gasteiger partial charge in [0.25, 0.3) is 5.91 Å². The Morgan fingerprint density at radius 2 is 1.62 bits per heavy atom. The van der Waals surface area contributed by atoms with E-state index in [0.717, 1.165) is 38.7 Å². The predicted octanol–water partition coefficient (Wildman–Crippen LogP) is 7.03. The summed E-state index contributed by atoms with van der Waals surface area (Å²) in [5.41, 5.74) is 7.19. The summed E-state index contributed by atoms with van der Waals surface area (Å²) in [5.74, 6) is -0.302. The highest BCUT2D eigenvalue weighted by atomic mass is 16.5. The zero-order valence-corrected chi connectivity index (χ0v) is 27.4. The van der Waals surface area contributed by atoms with Crippen molar-refractivity contribution >= 4 is 28.5 Å². The molecule has 5 aromatic rings. The van der Waals surface area contributed by atoms with Crippen LogP contribution in [-0.2, 0) is 18.4 Å². The summed E-state index contributed by atoms with van der Waals surface area (Å²) < 4.78 is 8.62. The summed E-state index contributed by atoms with van der Waals surface area (Å²) in [4.78, 5) is 31.3. The molecule has 4 aromatic carbocycles. The molecule has 1 aromatic heterocycles. The number of urea groups is 1. The molecule has 0 fully saturated rings. The van der Waals surface area contributed by atoms with Gasteiger partial charge in [-0.25, -0.2) is 4.79 Å². The molecule has 8 heteroatoms. The Bertz CT molecular complexity index is 1870. The fourth-order valence-electron chi connectivity index (χ4n) is 6.47. The molecule has 0 spiro atoms. The Morgan fingerprint density at radius 3 is 2.36 bits per heavy atom. The van der Waals surface area contributed by atoms with Gasteiger partial charge in [0, 0.05) is 55.3 Å². The number of aliphatic hydroxyl groups is 1. The molecule has 0 saturated carbocycles. The van der Waals surface area contributed by atoms with E-state index in [1.807, 2.05) is 116 Å². The van der Waals surface area contributed by atoms with Gasteiger partial charge in [0.05, 0.1) is 25.4 Å². The van der Waals surface area contributed by atoms with Crippen molar-refractivity contribution in [3.05, 3.63) is 114 Å². The van der Waals surface area contributed by atoms with Crippen LogP contribution in [0.3, 0.4) is 0 Å². The van der Waals surface area contributed by atoms with Crippen LogP contribution in [0.15, 0.2) is 103 Å². The number of carbonyl (C=O) groups is 2. The molecule has 0 bridgehead atoms. The van der Waals surface area contributed by atoms with E-state index in [2.05, 4.69) is 17.4 Å². The second-order valence-corrected chi connectivity index (χ2v) is 12.5. The van der Waals surface area contributed by atoms with Crippen molar-refractivity contribution in [3.8, 4) is 22.3 Å². The van der Waals surface area contributed by atoms with Crippen molar-refractivity contribution in [1.29, 1.82) is 0 Å². The number of likely N-dealkylation sites (N-methyl/N-ethyl adjacent to an activating group) is 1. The number of nitrogens with zero attached hydrogens (tertiary/aromatic N) is 3. The molecule has 242 valence electrons. The summed E-state index contributed by atoms with van der Waals surface area (Å²) in [6.07, 6.45) is -0.390. The highest BCUT2D eigenvalue weighted by Crippen LogP contribution is 2.38. The van der Waals surface area contributed by atoms with Gasteiger partial charge in [0.15, 0.2) is 0 Å². The number of hydrogen-bond acceptors (Lipinski definition) is 4. The van der Waals surface area contributed by atoms with Crippen LogP contribution in [-0.4, -0.2) is 70.3 Å². The van der Waals surface area contributed by atoms with Crippen molar-refractivity contribution in [1.82, 2.24) is 14.4 Å². The second-order valence-electron chi connectivity index (χ2n) is 12.5. The van der Waals surface area contributed by atoms with Crippen molar-refractivity contribution in [2.75, 3.05) is 32.1 Å². The Labute approximate surface area is 276 Å². The number of anilines is 1. The first-order chi connectivity index (χ1) is 22.8. The molecule has 2 N–H and O–H groups in total. The molecular weight excluding hydrogens is 588 g/mol. The minimum atomic E-state index is -0.424. The number of para-hydroxylation sites is 1. The molecule has 3 atom stereocenters. The zero-order chi connectivity index (χ0) is 33.1. The Balaban J connectivity index is 1.29. The Hall–Kier alpha value is -4.92. The molecule has 0 unspecified atom stereocenters. The summed E-state index contributed by atoms with van der Waals surface area (Å²) in [7, 11) is 3.68. The van der Waals surface area contributed by atoms with Crippen LogP contribution in [0.4, 0.5) is 10.5 Å². The fourth-order valence-corrected chi connectivity index (χ4v) is 6.47. The van der Waals surface area contributed by atoms with Crippen LogP contribution >= 0.6 is 0 Å². The van der Waals surface area contributed by atoms with Gasteiger partial charge in [-0.3, -0.25) is 4.79 Å². The highest BCUT2D eigenvalue weighted by molar-refractivity contribution is 6.10. The van der Waals surface area contributed by atoms with E-state index in [4.69, 9.17) is 4.74 Å². The molecule has 0 saturated heterocycles. The van der Waals surface area contributed by atoms with E-state index in [1.54, 1.807) is 16.8 Å². The topological polar surface area (TPSA) is 87.0 Å². The van der Waals surface area contributed by atoms with Gasteiger partial charge in [-0.1, -0.05) is 91.9 Å². The number of carbonyl (C=O) groups excluding carboxylic acids is 2. The standard InChI is InChI=1S/C39H42N4O4/c1-26-22-43(27(2)24-44)38(45)37-36(33-16-10-11-17-34(33)42(37)4)32-15-9-8-14-30(32)25-47-35(26)23-41(3)39(46)40-31-20-18-29(19-21-31)28-12-6-5-7-13-28/h5-21,26-27,35,44H,22-25H2,1-4H3,(H,40,46)/t26-,27-,35+/m0/s1. The Kier molecular flexibility index (Phi) is 9.43. The third-order valence-corrected chi connectivity index (χ3v) is 9.27. The number of ether oxygens (including phenoxy) is 1. The van der Waals surface area contributed by atoms with Gasteiger partial charge in [0.1, 0.15) is 5.69 Å². The van der Waals surface area contributed by atoms with Gasteiger partial charge < -0.3 is 29.5 Å². The molecule has 1 aliphatic heterocycles. The normalized spacial score (nSPS) is 17.4. The molecule has 0 radical (unpaired) electrons. The maximum atomic E-state index is 14.5. The van der Waals surface area contributed by atoms with Crippen LogP contribution in [0.2, 0.25) is 0 Å². The zero-order valence-electron chi connectivity index (χ0n) is 27.4. The third-order valence-electron chi connectivity index (χ3n) is 9.27. The number of hydrogen-bond donors (Lipinski definition) is 2. The number of benzene rings is 4. The molecular formula is C39H42N4O4. The predicted molar refractivity (Wildman–Crippen MR) is 187 cm³/mol. The van der Waals surface area contributed by atoms with Crippen molar-refractivity contribution in [2.45, 2.75) is 32.6 Å².